The number of sulfone groups is 1. The molecule has 1 aliphatic rings. The molecule has 2 unspecified atom stereocenters. The summed E-state index contributed by atoms with van der Waals surface area (Å²) in [6.07, 6.45) is 0.927. The average molecular weight is 269 g/mol. The van der Waals surface area contributed by atoms with Crippen molar-refractivity contribution in [3.05, 3.63) is 29.8 Å². The van der Waals surface area contributed by atoms with E-state index in [1.54, 1.807) is 0 Å². The predicted molar refractivity (Wildman–Crippen MR) is 71.5 cm³/mol. The van der Waals surface area contributed by atoms with Crippen molar-refractivity contribution in [2.24, 2.45) is 5.73 Å². The molecule has 0 radical (unpaired) electrons. The summed E-state index contributed by atoms with van der Waals surface area (Å²) in [7, 11) is -3.08. The summed E-state index contributed by atoms with van der Waals surface area (Å²) in [6.45, 7) is 1.82. The second kappa shape index (κ2) is 5.28. The SMILES string of the molecule is CC(N)CCS(=O)(=O)CC1Cc2ccccc2O1. The highest BCUT2D eigenvalue weighted by molar-refractivity contribution is 7.91. The van der Waals surface area contributed by atoms with Gasteiger partial charge in [-0.05, 0) is 25.0 Å². The number of fused-ring (bicyclic) bond motifs is 1. The van der Waals surface area contributed by atoms with Crippen LogP contribution in [0.25, 0.3) is 0 Å². The van der Waals surface area contributed by atoms with Gasteiger partial charge in [0, 0.05) is 12.5 Å². The minimum atomic E-state index is -3.08. The molecule has 5 heteroatoms. The van der Waals surface area contributed by atoms with E-state index in [-0.39, 0.29) is 23.7 Å². The largest absolute Gasteiger partial charge is 0.489 e. The summed E-state index contributed by atoms with van der Waals surface area (Å²) >= 11 is 0. The smallest absolute Gasteiger partial charge is 0.154 e. The second-order valence-electron chi connectivity index (χ2n) is 4.93. The molecule has 0 bridgehead atoms. The first-order chi connectivity index (χ1) is 8.46. The Hall–Kier alpha value is -1.07. The van der Waals surface area contributed by atoms with E-state index in [1.165, 1.54) is 0 Å². The van der Waals surface area contributed by atoms with Gasteiger partial charge in [-0.25, -0.2) is 8.42 Å². The molecule has 0 aromatic heterocycles. The van der Waals surface area contributed by atoms with Crippen molar-refractivity contribution in [2.75, 3.05) is 11.5 Å². The van der Waals surface area contributed by atoms with Crippen molar-refractivity contribution in [3.8, 4) is 5.75 Å². The van der Waals surface area contributed by atoms with Gasteiger partial charge >= 0.3 is 0 Å². The Labute approximate surface area is 108 Å². The Morgan fingerprint density at radius 1 is 1.44 bits per heavy atom. The van der Waals surface area contributed by atoms with E-state index in [0.717, 1.165) is 11.3 Å². The molecule has 100 valence electrons. The molecule has 2 rings (SSSR count). The lowest BCUT2D eigenvalue weighted by molar-refractivity contribution is 0.256. The molecule has 0 aliphatic carbocycles. The number of hydrogen-bond acceptors (Lipinski definition) is 4. The summed E-state index contributed by atoms with van der Waals surface area (Å²) in [6, 6.07) is 7.61. The number of benzene rings is 1. The van der Waals surface area contributed by atoms with E-state index in [0.29, 0.717) is 12.8 Å². The van der Waals surface area contributed by atoms with Crippen molar-refractivity contribution in [3.63, 3.8) is 0 Å². The number of ether oxygens (including phenoxy) is 1. The van der Waals surface area contributed by atoms with Crippen molar-refractivity contribution in [2.45, 2.75) is 31.9 Å². The lowest BCUT2D eigenvalue weighted by atomic mass is 10.1. The molecule has 1 aromatic rings. The van der Waals surface area contributed by atoms with Gasteiger partial charge in [-0.15, -0.1) is 0 Å². The second-order valence-corrected chi connectivity index (χ2v) is 7.16. The highest BCUT2D eigenvalue weighted by Gasteiger charge is 2.27. The highest BCUT2D eigenvalue weighted by Crippen LogP contribution is 2.28. The van der Waals surface area contributed by atoms with Gasteiger partial charge in [0.2, 0.25) is 0 Å². The summed E-state index contributed by atoms with van der Waals surface area (Å²) in [4.78, 5) is 0. The molecule has 0 amide bonds. The Morgan fingerprint density at radius 2 is 2.17 bits per heavy atom. The molecule has 0 spiro atoms. The molecule has 0 saturated heterocycles. The molecule has 0 saturated carbocycles. The number of hydrogen-bond donors (Lipinski definition) is 1. The minimum Gasteiger partial charge on any atom is -0.489 e. The van der Waals surface area contributed by atoms with Crippen LogP contribution in [0.3, 0.4) is 0 Å². The first-order valence-electron chi connectivity index (χ1n) is 6.17. The van der Waals surface area contributed by atoms with Crippen LogP contribution in [0.5, 0.6) is 5.75 Å². The van der Waals surface area contributed by atoms with Crippen molar-refractivity contribution >= 4 is 9.84 Å². The maximum Gasteiger partial charge on any atom is 0.154 e. The van der Waals surface area contributed by atoms with E-state index in [4.69, 9.17) is 10.5 Å². The maximum absolute atomic E-state index is 11.9. The van der Waals surface area contributed by atoms with Crippen LogP contribution in [0.2, 0.25) is 0 Å². The van der Waals surface area contributed by atoms with E-state index >= 15 is 0 Å². The zero-order chi connectivity index (χ0) is 13.2. The number of rotatable bonds is 5. The van der Waals surface area contributed by atoms with Crippen LogP contribution in [0.4, 0.5) is 0 Å². The third kappa shape index (κ3) is 3.46. The average Bonchev–Trinajstić information content (AvgIpc) is 2.67. The summed E-state index contributed by atoms with van der Waals surface area (Å²) in [5.74, 6) is 1.03. The number of para-hydroxylation sites is 1. The topological polar surface area (TPSA) is 69.4 Å². The lowest BCUT2D eigenvalue weighted by Crippen LogP contribution is -2.29. The van der Waals surface area contributed by atoms with Gasteiger partial charge in [-0.2, -0.15) is 0 Å². The molecule has 18 heavy (non-hydrogen) atoms. The predicted octanol–water partition coefficient (Wildman–Crippen LogP) is 1.14. The summed E-state index contributed by atoms with van der Waals surface area (Å²) in [5, 5.41) is 0. The standard InChI is InChI=1S/C13H19NO3S/c1-10(14)6-7-18(15,16)9-12-8-11-4-2-3-5-13(11)17-12/h2-5,10,12H,6-9,14H2,1H3. The summed E-state index contributed by atoms with van der Waals surface area (Å²) < 4.78 is 29.5. The van der Waals surface area contributed by atoms with Gasteiger partial charge in [0.15, 0.2) is 9.84 Å². The summed E-state index contributed by atoms with van der Waals surface area (Å²) in [5.41, 5.74) is 6.67. The van der Waals surface area contributed by atoms with Crippen LogP contribution in [0, 0.1) is 0 Å². The molecular weight excluding hydrogens is 250 g/mol. The Balaban J connectivity index is 1.93. The van der Waals surface area contributed by atoms with Gasteiger partial charge in [-0.3, -0.25) is 0 Å². The van der Waals surface area contributed by atoms with Gasteiger partial charge in [0.1, 0.15) is 11.9 Å². The van der Waals surface area contributed by atoms with E-state index in [2.05, 4.69) is 0 Å². The third-order valence-corrected chi connectivity index (χ3v) is 4.78. The van der Waals surface area contributed by atoms with Crippen LogP contribution in [-0.2, 0) is 16.3 Å². The van der Waals surface area contributed by atoms with Crippen molar-refractivity contribution in [1.82, 2.24) is 0 Å². The van der Waals surface area contributed by atoms with Crippen LogP contribution in [0.1, 0.15) is 18.9 Å². The molecule has 0 fully saturated rings. The van der Waals surface area contributed by atoms with E-state index < -0.39 is 9.84 Å². The van der Waals surface area contributed by atoms with Crippen LogP contribution < -0.4 is 10.5 Å². The quantitative estimate of drug-likeness (QED) is 0.870. The molecule has 1 heterocycles. The minimum absolute atomic E-state index is 0.0778. The third-order valence-electron chi connectivity index (χ3n) is 3.04. The Morgan fingerprint density at radius 3 is 2.83 bits per heavy atom. The molecule has 1 aliphatic heterocycles. The van der Waals surface area contributed by atoms with Crippen molar-refractivity contribution in [1.29, 1.82) is 0 Å². The van der Waals surface area contributed by atoms with Crippen LogP contribution in [-0.4, -0.2) is 32.1 Å². The van der Waals surface area contributed by atoms with Crippen LogP contribution in [0.15, 0.2) is 24.3 Å². The zero-order valence-corrected chi connectivity index (χ0v) is 11.3. The molecule has 4 nitrogen and oxygen atoms in total. The van der Waals surface area contributed by atoms with Gasteiger partial charge in [0.05, 0.1) is 11.5 Å². The zero-order valence-electron chi connectivity index (χ0n) is 10.5. The molecule has 2 atom stereocenters. The Bertz CT molecular complexity index is 486. The van der Waals surface area contributed by atoms with Gasteiger partial charge in [0.25, 0.3) is 0 Å². The fourth-order valence-corrected chi connectivity index (χ4v) is 3.73. The number of nitrogens with two attached hydrogens (primary N) is 1. The fourth-order valence-electron chi connectivity index (χ4n) is 2.08. The van der Waals surface area contributed by atoms with Gasteiger partial charge in [-0.1, -0.05) is 18.2 Å². The normalized spacial score (nSPS) is 20.2. The molecule has 2 N–H and O–H groups in total. The fraction of sp³-hybridized carbons (Fsp3) is 0.538. The van der Waals surface area contributed by atoms with E-state index in [9.17, 15) is 8.42 Å². The van der Waals surface area contributed by atoms with Gasteiger partial charge < -0.3 is 10.5 Å². The monoisotopic (exact) mass is 269 g/mol. The van der Waals surface area contributed by atoms with Crippen molar-refractivity contribution < 1.29 is 13.2 Å². The molecule has 1 aromatic carbocycles. The first-order valence-corrected chi connectivity index (χ1v) is 7.99. The maximum atomic E-state index is 11.9. The van der Waals surface area contributed by atoms with Crippen LogP contribution >= 0.6 is 0 Å². The highest BCUT2D eigenvalue weighted by atomic mass is 32.2. The molecular formula is C13H19NO3S. The first kappa shape index (κ1) is 13.4. The Kier molecular flexibility index (Phi) is 3.92. The van der Waals surface area contributed by atoms with E-state index in [1.807, 2.05) is 31.2 Å². The lowest BCUT2D eigenvalue weighted by Gasteiger charge is -2.12.